The van der Waals surface area contributed by atoms with E-state index in [1.165, 1.54) is 0 Å². The number of hydrogen-bond donors (Lipinski definition) is 2. The van der Waals surface area contributed by atoms with E-state index in [1.54, 1.807) is 89.8 Å². The van der Waals surface area contributed by atoms with Crippen molar-refractivity contribution in [3.63, 3.8) is 0 Å². The van der Waals surface area contributed by atoms with E-state index in [-0.39, 0.29) is 12.3 Å². The number of likely N-dealkylation sites (tertiary alicyclic amines) is 1. The normalized spacial score (nSPS) is 15.0. The highest BCUT2D eigenvalue weighted by Gasteiger charge is 2.42. The van der Waals surface area contributed by atoms with Crippen molar-refractivity contribution in [2.75, 3.05) is 26.3 Å². The van der Waals surface area contributed by atoms with Crippen LogP contribution in [-0.4, -0.2) is 59.9 Å². The Kier molecular flexibility index (Phi) is 9.61. The van der Waals surface area contributed by atoms with Crippen LogP contribution in [0.3, 0.4) is 0 Å². The lowest BCUT2D eigenvalue weighted by atomic mass is 9.85. The third-order valence-electron chi connectivity index (χ3n) is 7.50. The maximum absolute atomic E-state index is 13.5. The number of aliphatic hydroxyl groups is 1. The lowest BCUT2D eigenvalue weighted by Gasteiger charge is -2.29. The smallest absolute Gasteiger partial charge is 0.267 e. The monoisotopic (exact) mass is 578 g/mol. The number of Topliss-reactive ketones (excluding diaryl/α,β-unsaturated/α-hetero) is 1. The first kappa shape index (κ1) is 29.7. The first-order valence-electron chi connectivity index (χ1n) is 14.3. The summed E-state index contributed by atoms with van der Waals surface area (Å²) in [4.78, 5) is 41.7. The van der Waals surface area contributed by atoms with Crippen LogP contribution in [0.1, 0.15) is 34.3 Å². The van der Waals surface area contributed by atoms with Gasteiger partial charge in [0.05, 0.1) is 12.6 Å². The standard InChI is InChI=1S/C35H34N2O6/c38-32(26-18-20-30(21-19-26)43-24-23-42-29-15-8-3-9-16-29)25-37-22-10-17-31(37)33(39)36-34(40)35(41,27-11-4-1-5-12-27)28-13-6-2-7-14-28/h1-9,11-16,18-21,31,41H,10,17,22-25H2,(H,36,39,40)/t31-/m0/s1. The Morgan fingerprint density at radius 2 is 1.26 bits per heavy atom. The third-order valence-corrected chi connectivity index (χ3v) is 7.50. The first-order valence-corrected chi connectivity index (χ1v) is 14.3. The van der Waals surface area contributed by atoms with Gasteiger partial charge in [0.2, 0.25) is 5.91 Å². The van der Waals surface area contributed by atoms with Gasteiger partial charge < -0.3 is 14.6 Å². The second kappa shape index (κ2) is 13.9. The third kappa shape index (κ3) is 7.17. The van der Waals surface area contributed by atoms with Crippen LogP contribution in [0.5, 0.6) is 11.5 Å². The van der Waals surface area contributed by atoms with Gasteiger partial charge in [0.1, 0.15) is 24.7 Å². The van der Waals surface area contributed by atoms with E-state index >= 15 is 0 Å². The summed E-state index contributed by atoms with van der Waals surface area (Å²) in [6.07, 6.45) is 1.21. The van der Waals surface area contributed by atoms with Gasteiger partial charge in [-0.25, -0.2) is 0 Å². The second-order valence-electron chi connectivity index (χ2n) is 10.3. The number of carbonyl (C=O) groups is 3. The highest BCUT2D eigenvalue weighted by Crippen LogP contribution is 2.30. The van der Waals surface area contributed by atoms with Crippen LogP contribution in [0.2, 0.25) is 0 Å². The lowest BCUT2D eigenvalue weighted by Crippen LogP contribution is -2.53. The number of ether oxygens (including phenoxy) is 2. The molecule has 220 valence electrons. The Labute approximate surface area is 250 Å². The van der Waals surface area contributed by atoms with Crippen molar-refractivity contribution >= 4 is 17.6 Å². The van der Waals surface area contributed by atoms with Gasteiger partial charge in [-0.15, -0.1) is 0 Å². The highest BCUT2D eigenvalue weighted by molar-refractivity contribution is 6.04. The number of rotatable bonds is 12. The highest BCUT2D eigenvalue weighted by atomic mass is 16.5. The van der Waals surface area contributed by atoms with Crippen LogP contribution < -0.4 is 14.8 Å². The molecule has 1 atom stereocenters. The molecule has 0 saturated carbocycles. The van der Waals surface area contributed by atoms with Gasteiger partial charge in [-0.2, -0.15) is 0 Å². The predicted molar refractivity (Wildman–Crippen MR) is 162 cm³/mol. The predicted octanol–water partition coefficient (Wildman–Crippen LogP) is 4.37. The molecule has 1 saturated heterocycles. The zero-order chi connectivity index (χ0) is 30.1. The Morgan fingerprint density at radius 1 is 0.744 bits per heavy atom. The molecule has 1 aliphatic rings. The van der Waals surface area contributed by atoms with Crippen LogP contribution in [0.25, 0.3) is 0 Å². The lowest BCUT2D eigenvalue weighted by molar-refractivity contribution is -0.142. The number of carbonyl (C=O) groups excluding carboxylic acids is 3. The molecule has 43 heavy (non-hydrogen) atoms. The fourth-order valence-electron chi connectivity index (χ4n) is 5.23. The van der Waals surface area contributed by atoms with Crippen LogP contribution in [0.15, 0.2) is 115 Å². The van der Waals surface area contributed by atoms with E-state index in [2.05, 4.69) is 5.32 Å². The molecule has 1 aliphatic heterocycles. The fraction of sp³-hybridized carbons (Fsp3) is 0.229. The summed E-state index contributed by atoms with van der Waals surface area (Å²) >= 11 is 0. The first-order chi connectivity index (χ1) is 20.9. The van der Waals surface area contributed by atoms with E-state index in [0.29, 0.717) is 55.0 Å². The number of para-hydroxylation sites is 1. The molecule has 4 aromatic carbocycles. The van der Waals surface area contributed by atoms with Gasteiger partial charge in [-0.3, -0.25) is 24.6 Å². The van der Waals surface area contributed by atoms with Gasteiger partial charge in [-0.1, -0.05) is 78.9 Å². The van der Waals surface area contributed by atoms with E-state index in [1.807, 2.05) is 30.3 Å². The molecule has 4 aromatic rings. The quantitative estimate of drug-likeness (QED) is 0.190. The topological polar surface area (TPSA) is 105 Å². The SMILES string of the molecule is O=C(CN1CCC[C@H]1C(=O)NC(=O)C(O)(c1ccccc1)c1ccccc1)c1ccc(OCCOc2ccccc2)cc1. The molecule has 8 nitrogen and oxygen atoms in total. The summed E-state index contributed by atoms with van der Waals surface area (Å²) in [6.45, 7) is 1.32. The number of nitrogens with one attached hydrogen (secondary N) is 1. The van der Waals surface area contributed by atoms with Gasteiger partial charge in [0.25, 0.3) is 5.91 Å². The minimum absolute atomic E-state index is 0.0268. The van der Waals surface area contributed by atoms with Gasteiger partial charge in [0.15, 0.2) is 11.4 Å². The molecule has 0 spiro atoms. The molecular formula is C35H34N2O6. The number of hydrogen-bond acceptors (Lipinski definition) is 7. The van der Waals surface area contributed by atoms with Gasteiger partial charge in [-0.05, 0) is 66.9 Å². The second-order valence-corrected chi connectivity index (χ2v) is 10.3. The number of imide groups is 1. The molecule has 5 rings (SSSR count). The van der Waals surface area contributed by atoms with Crippen molar-refractivity contribution in [2.24, 2.45) is 0 Å². The van der Waals surface area contributed by atoms with Gasteiger partial charge in [0, 0.05) is 5.56 Å². The molecule has 1 heterocycles. The molecular weight excluding hydrogens is 544 g/mol. The largest absolute Gasteiger partial charge is 0.490 e. The van der Waals surface area contributed by atoms with Crippen molar-refractivity contribution in [2.45, 2.75) is 24.5 Å². The van der Waals surface area contributed by atoms with E-state index in [4.69, 9.17) is 9.47 Å². The Hall–Kier alpha value is -4.79. The molecule has 2 amide bonds. The average molecular weight is 579 g/mol. The van der Waals surface area contributed by atoms with Crippen molar-refractivity contribution in [3.05, 3.63) is 132 Å². The summed E-state index contributed by atoms with van der Waals surface area (Å²) in [6, 6.07) is 32.7. The summed E-state index contributed by atoms with van der Waals surface area (Å²) < 4.78 is 11.3. The molecule has 0 bridgehead atoms. The average Bonchev–Trinajstić information content (AvgIpc) is 3.52. The van der Waals surface area contributed by atoms with Crippen molar-refractivity contribution < 1.29 is 29.0 Å². The number of nitrogens with zero attached hydrogens (tertiary/aromatic N) is 1. The minimum atomic E-state index is -2.06. The van der Waals surface area contributed by atoms with Crippen LogP contribution in [-0.2, 0) is 15.2 Å². The zero-order valence-electron chi connectivity index (χ0n) is 23.7. The van der Waals surface area contributed by atoms with Crippen molar-refractivity contribution in [1.82, 2.24) is 10.2 Å². The van der Waals surface area contributed by atoms with Crippen LogP contribution in [0, 0.1) is 0 Å². The summed E-state index contributed by atoms with van der Waals surface area (Å²) in [5.74, 6) is -0.127. The number of benzene rings is 4. The van der Waals surface area contributed by atoms with Crippen molar-refractivity contribution in [3.8, 4) is 11.5 Å². The minimum Gasteiger partial charge on any atom is -0.490 e. The Morgan fingerprint density at radius 3 is 1.81 bits per heavy atom. The van der Waals surface area contributed by atoms with E-state index in [0.717, 1.165) is 5.75 Å². The fourth-order valence-corrected chi connectivity index (χ4v) is 5.23. The number of ketones is 1. The summed E-state index contributed by atoms with van der Waals surface area (Å²) in [5.41, 5.74) is -0.866. The molecule has 8 heteroatoms. The Bertz CT molecular complexity index is 1470. The zero-order valence-corrected chi connectivity index (χ0v) is 23.7. The summed E-state index contributed by atoms with van der Waals surface area (Å²) in [7, 11) is 0. The Balaban J connectivity index is 1.17. The number of amides is 2. The van der Waals surface area contributed by atoms with E-state index < -0.39 is 23.5 Å². The summed E-state index contributed by atoms with van der Waals surface area (Å²) in [5, 5.41) is 14.1. The van der Waals surface area contributed by atoms with Crippen LogP contribution in [0.4, 0.5) is 0 Å². The maximum atomic E-state index is 13.5. The van der Waals surface area contributed by atoms with E-state index in [9.17, 15) is 19.5 Å². The molecule has 2 N–H and O–H groups in total. The van der Waals surface area contributed by atoms with Crippen LogP contribution >= 0.6 is 0 Å². The molecule has 0 radical (unpaired) electrons. The van der Waals surface area contributed by atoms with Crippen molar-refractivity contribution in [1.29, 1.82) is 0 Å². The van der Waals surface area contributed by atoms with Gasteiger partial charge >= 0.3 is 0 Å². The molecule has 0 aliphatic carbocycles. The molecule has 1 fully saturated rings. The molecule has 0 unspecified atom stereocenters. The molecule has 0 aromatic heterocycles. The maximum Gasteiger partial charge on any atom is 0.267 e.